The Morgan fingerprint density at radius 2 is 1.47 bits per heavy atom. The standard InChI is InChI=1S/C16H10F6N4O3S/c17-15(18,19)9-1-3-12(4-2-9)30(28,29)26-11-6-8(13-23-14(27)25-24-13)5-10(7-11)16(20,21)22/h1-7,26H,(H2,23,24,25,27). The predicted octanol–water partition coefficient (Wildman–Crippen LogP) is 3.60. The third kappa shape index (κ3) is 4.64. The average molecular weight is 452 g/mol. The Morgan fingerprint density at radius 1 is 0.867 bits per heavy atom. The number of aromatic amines is 2. The molecule has 0 spiro atoms. The van der Waals surface area contributed by atoms with Crippen LogP contribution in [-0.2, 0) is 22.4 Å². The van der Waals surface area contributed by atoms with Gasteiger partial charge in [-0.3, -0.25) is 9.71 Å². The SMILES string of the molecule is O=c1[nH]nc(-c2cc(NS(=O)(=O)c3ccc(C(F)(F)F)cc3)cc(C(F)(F)F)c2)[nH]1. The van der Waals surface area contributed by atoms with Crippen LogP contribution >= 0.6 is 0 Å². The Kier molecular flexibility index (Phi) is 5.14. The fourth-order valence-electron chi connectivity index (χ4n) is 2.43. The summed E-state index contributed by atoms with van der Waals surface area (Å²) >= 11 is 0. The van der Waals surface area contributed by atoms with Crippen LogP contribution in [0.1, 0.15) is 11.1 Å². The normalized spacial score (nSPS) is 12.7. The number of hydrogen-bond donors (Lipinski definition) is 3. The Bertz CT molecular complexity index is 1230. The van der Waals surface area contributed by atoms with Gasteiger partial charge in [0, 0.05) is 5.56 Å². The molecule has 0 saturated heterocycles. The van der Waals surface area contributed by atoms with E-state index in [0.29, 0.717) is 36.4 Å². The lowest BCUT2D eigenvalue weighted by Crippen LogP contribution is -2.15. The molecule has 30 heavy (non-hydrogen) atoms. The molecule has 0 bridgehead atoms. The summed E-state index contributed by atoms with van der Waals surface area (Å²) in [6.45, 7) is 0. The van der Waals surface area contributed by atoms with Crippen LogP contribution in [0.25, 0.3) is 11.4 Å². The van der Waals surface area contributed by atoms with Crippen molar-refractivity contribution in [3.05, 3.63) is 64.1 Å². The second-order valence-corrected chi connectivity index (χ2v) is 7.63. The first kappa shape index (κ1) is 21.4. The molecular weight excluding hydrogens is 442 g/mol. The second-order valence-electron chi connectivity index (χ2n) is 5.95. The summed E-state index contributed by atoms with van der Waals surface area (Å²) in [5.41, 5.74) is -3.93. The van der Waals surface area contributed by atoms with Crippen molar-refractivity contribution in [1.82, 2.24) is 15.2 Å². The molecule has 3 rings (SSSR count). The van der Waals surface area contributed by atoms with Gasteiger partial charge in [-0.25, -0.2) is 18.3 Å². The van der Waals surface area contributed by atoms with Crippen molar-refractivity contribution in [2.45, 2.75) is 17.2 Å². The molecule has 2 aromatic carbocycles. The monoisotopic (exact) mass is 452 g/mol. The topological polar surface area (TPSA) is 108 Å². The summed E-state index contributed by atoms with van der Waals surface area (Å²) in [4.78, 5) is 12.7. The molecule has 0 aliphatic carbocycles. The van der Waals surface area contributed by atoms with Gasteiger partial charge in [0.25, 0.3) is 10.0 Å². The quantitative estimate of drug-likeness (QED) is 0.526. The van der Waals surface area contributed by atoms with Gasteiger partial charge < -0.3 is 0 Å². The van der Waals surface area contributed by atoms with E-state index in [-0.39, 0.29) is 11.4 Å². The van der Waals surface area contributed by atoms with E-state index in [1.807, 2.05) is 9.82 Å². The van der Waals surface area contributed by atoms with E-state index in [2.05, 4.69) is 10.1 Å². The Morgan fingerprint density at radius 3 is 1.97 bits per heavy atom. The van der Waals surface area contributed by atoms with Gasteiger partial charge >= 0.3 is 18.0 Å². The molecule has 0 aliphatic heterocycles. The minimum atomic E-state index is -4.86. The van der Waals surface area contributed by atoms with E-state index < -0.39 is 49.8 Å². The highest BCUT2D eigenvalue weighted by atomic mass is 32.2. The maximum absolute atomic E-state index is 13.2. The molecule has 1 aromatic heterocycles. The molecule has 3 aromatic rings. The largest absolute Gasteiger partial charge is 0.416 e. The van der Waals surface area contributed by atoms with Crippen LogP contribution in [0.5, 0.6) is 0 Å². The fraction of sp³-hybridized carbons (Fsp3) is 0.125. The molecule has 0 atom stereocenters. The van der Waals surface area contributed by atoms with Gasteiger partial charge in [0.05, 0.1) is 21.7 Å². The van der Waals surface area contributed by atoms with Gasteiger partial charge in [0.15, 0.2) is 5.82 Å². The van der Waals surface area contributed by atoms with Gasteiger partial charge in [-0.1, -0.05) is 0 Å². The van der Waals surface area contributed by atoms with Gasteiger partial charge in [0.1, 0.15) is 0 Å². The summed E-state index contributed by atoms with van der Waals surface area (Å²) in [6, 6.07) is 4.51. The summed E-state index contributed by atoms with van der Waals surface area (Å²) in [5, 5.41) is 5.46. The van der Waals surface area contributed by atoms with Gasteiger partial charge in [-0.15, -0.1) is 0 Å². The zero-order valence-corrected chi connectivity index (χ0v) is 15.2. The number of sulfonamides is 1. The third-order valence-electron chi connectivity index (χ3n) is 3.78. The smallest absolute Gasteiger partial charge is 0.289 e. The number of hydrogen-bond acceptors (Lipinski definition) is 4. The predicted molar refractivity (Wildman–Crippen MR) is 91.9 cm³/mol. The number of nitrogens with one attached hydrogen (secondary N) is 3. The first-order valence-electron chi connectivity index (χ1n) is 7.83. The van der Waals surface area contributed by atoms with Crippen LogP contribution in [-0.4, -0.2) is 23.6 Å². The zero-order valence-electron chi connectivity index (χ0n) is 14.4. The molecule has 0 aliphatic rings. The van der Waals surface area contributed by atoms with E-state index in [1.54, 1.807) is 0 Å². The van der Waals surface area contributed by atoms with Gasteiger partial charge in [-0.2, -0.15) is 31.4 Å². The molecule has 0 saturated carbocycles. The third-order valence-corrected chi connectivity index (χ3v) is 5.18. The van der Waals surface area contributed by atoms with Crippen molar-refractivity contribution in [2.24, 2.45) is 0 Å². The van der Waals surface area contributed by atoms with Crippen LogP contribution in [0.3, 0.4) is 0 Å². The van der Waals surface area contributed by atoms with E-state index in [4.69, 9.17) is 0 Å². The summed E-state index contributed by atoms with van der Waals surface area (Å²) in [7, 11) is -4.52. The van der Waals surface area contributed by atoms with Crippen LogP contribution in [0, 0.1) is 0 Å². The van der Waals surface area contributed by atoms with Crippen molar-refractivity contribution in [3.63, 3.8) is 0 Å². The Labute approximate surface area is 163 Å². The maximum atomic E-state index is 13.2. The molecule has 14 heteroatoms. The van der Waals surface area contributed by atoms with E-state index in [9.17, 15) is 39.6 Å². The van der Waals surface area contributed by atoms with Crippen molar-refractivity contribution >= 4 is 15.7 Å². The molecule has 7 nitrogen and oxygen atoms in total. The first-order chi connectivity index (χ1) is 13.8. The first-order valence-corrected chi connectivity index (χ1v) is 9.31. The number of alkyl halides is 6. The number of benzene rings is 2. The summed E-state index contributed by atoms with van der Waals surface area (Å²) in [5.74, 6) is -0.277. The highest BCUT2D eigenvalue weighted by Crippen LogP contribution is 2.35. The van der Waals surface area contributed by atoms with Crippen LogP contribution in [0.2, 0.25) is 0 Å². The van der Waals surface area contributed by atoms with Crippen LogP contribution in [0.15, 0.2) is 52.2 Å². The fourth-order valence-corrected chi connectivity index (χ4v) is 3.47. The second kappa shape index (κ2) is 7.19. The number of aromatic nitrogens is 3. The van der Waals surface area contributed by atoms with E-state index in [0.717, 1.165) is 6.07 Å². The van der Waals surface area contributed by atoms with Gasteiger partial charge in [-0.05, 0) is 42.5 Å². The highest BCUT2D eigenvalue weighted by Gasteiger charge is 2.33. The lowest BCUT2D eigenvalue weighted by atomic mass is 10.1. The lowest BCUT2D eigenvalue weighted by Gasteiger charge is -2.14. The zero-order chi connectivity index (χ0) is 22.3. The molecule has 0 fully saturated rings. The molecular formula is C16H10F6N4O3S. The minimum absolute atomic E-state index is 0.256. The molecule has 1 heterocycles. The average Bonchev–Trinajstić information content (AvgIpc) is 3.06. The Balaban J connectivity index is 2.01. The van der Waals surface area contributed by atoms with E-state index in [1.165, 1.54) is 0 Å². The molecule has 0 unspecified atom stereocenters. The Hall–Kier alpha value is -3.29. The summed E-state index contributed by atoms with van der Waals surface area (Å²) in [6.07, 6.45) is -9.55. The minimum Gasteiger partial charge on any atom is -0.289 e. The number of H-pyrrole nitrogens is 2. The number of anilines is 1. The molecule has 160 valence electrons. The van der Waals surface area contributed by atoms with Crippen molar-refractivity contribution in [3.8, 4) is 11.4 Å². The van der Waals surface area contributed by atoms with Gasteiger partial charge in [0.2, 0.25) is 0 Å². The molecule has 0 amide bonds. The maximum Gasteiger partial charge on any atom is 0.416 e. The summed E-state index contributed by atoms with van der Waals surface area (Å²) < 4.78 is 104. The van der Waals surface area contributed by atoms with Crippen molar-refractivity contribution in [1.29, 1.82) is 0 Å². The highest BCUT2D eigenvalue weighted by molar-refractivity contribution is 7.92. The van der Waals surface area contributed by atoms with Crippen LogP contribution in [0.4, 0.5) is 32.0 Å². The lowest BCUT2D eigenvalue weighted by molar-refractivity contribution is -0.138. The number of rotatable bonds is 4. The number of halogens is 6. The van der Waals surface area contributed by atoms with E-state index >= 15 is 0 Å². The number of nitrogens with zero attached hydrogens (tertiary/aromatic N) is 1. The van der Waals surface area contributed by atoms with Crippen molar-refractivity contribution in [2.75, 3.05) is 4.72 Å². The van der Waals surface area contributed by atoms with Crippen molar-refractivity contribution < 1.29 is 34.8 Å². The molecule has 3 N–H and O–H groups in total. The van der Waals surface area contributed by atoms with Crippen LogP contribution < -0.4 is 10.4 Å². The molecule has 0 radical (unpaired) electrons.